The van der Waals surface area contributed by atoms with Gasteiger partial charge in [0.15, 0.2) is 0 Å². The Morgan fingerprint density at radius 3 is 2.65 bits per heavy atom. The Morgan fingerprint density at radius 2 is 1.94 bits per heavy atom. The minimum absolute atomic E-state index is 0.0654. The molecule has 0 spiro atoms. The first kappa shape index (κ1) is 21.5. The topological polar surface area (TPSA) is 75.6 Å². The molecule has 4 rings (SSSR count). The second-order valence-corrected chi connectivity index (χ2v) is 8.11. The summed E-state index contributed by atoms with van der Waals surface area (Å²) in [4.78, 5) is 14.2. The highest BCUT2D eigenvalue weighted by atomic mass is 19.4. The summed E-state index contributed by atoms with van der Waals surface area (Å²) in [6.45, 7) is 0.665. The van der Waals surface area contributed by atoms with Crippen LogP contribution in [0.4, 0.5) is 13.2 Å². The summed E-state index contributed by atoms with van der Waals surface area (Å²) in [6.07, 6.45) is -2.00. The van der Waals surface area contributed by atoms with Crippen molar-refractivity contribution in [3.63, 3.8) is 0 Å². The first-order chi connectivity index (χ1) is 14.7. The van der Waals surface area contributed by atoms with Gasteiger partial charge in [0.1, 0.15) is 17.5 Å². The van der Waals surface area contributed by atoms with E-state index in [1.54, 1.807) is 11.9 Å². The molecule has 9 heteroatoms. The molecule has 1 aliphatic heterocycles. The summed E-state index contributed by atoms with van der Waals surface area (Å²) >= 11 is 0. The molecule has 166 valence electrons. The van der Waals surface area contributed by atoms with Crippen molar-refractivity contribution >= 4 is 5.91 Å². The van der Waals surface area contributed by atoms with E-state index in [0.717, 1.165) is 36.1 Å². The number of likely N-dealkylation sites (tertiary alicyclic amines) is 1. The second-order valence-electron chi connectivity index (χ2n) is 8.11. The van der Waals surface area contributed by atoms with Gasteiger partial charge in [0.2, 0.25) is 5.91 Å². The highest BCUT2D eigenvalue weighted by molar-refractivity contribution is 5.80. The number of alkyl halides is 3. The van der Waals surface area contributed by atoms with Crippen molar-refractivity contribution in [3.8, 4) is 17.0 Å². The molecule has 0 radical (unpaired) electrons. The molecule has 31 heavy (non-hydrogen) atoms. The van der Waals surface area contributed by atoms with E-state index in [1.165, 1.54) is 13.2 Å². The number of aromatic nitrogens is 2. The van der Waals surface area contributed by atoms with Crippen LogP contribution in [0.3, 0.4) is 0 Å². The van der Waals surface area contributed by atoms with E-state index in [2.05, 4.69) is 10.2 Å². The van der Waals surface area contributed by atoms with Crippen LogP contribution in [0, 0.1) is 5.92 Å². The maximum Gasteiger partial charge on any atom is 0.416 e. The fourth-order valence-electron chi connectivity index (χ4n) is 4.58. The van der Waals surface area contributed by atoms with Crippen LogP contribution >= 0.6 is 0 Å². The number of nitrogens with zero attached hydrogens (tertiary/aromatic N) is 3. The molecule has 1 aliphatic carbocycles. The zero-order chi connectivity index (χ0) is 22.3. The lowest BCUT2D eigenvalue weighted by atomic mass is 9.87. The molecule has 0 bridgehead atoms. The number of methoxy groups -OCH3 is 1. The van der Waals surface area contributed by atoms with Crippen LogP contribution in [-0.4, -0.2) is 46.8 Å². The molecule has 1 aromatic heterocycles. The summed E-state index contributed by atoms with van der Waals surface area (Å²) in [6, 6.07) is 3.30. The predicted octanol–water partition coefficient (Wildman–Crippen LogP) is 3.56. The van der Waals surface area contributed by atoms with Crippen LogP contribution in [0.25, 0.3) is 11.3 Å². The van der Waals surface area contributed by atoms with Gasteiger partial charge in [0, 0.05) is 19.2 Å². The third-order valence-electron chi connectivity index (χ3n) is 6.22. The quantitative estimate of drug-likeness (QED) is 0.795. The summed E-state index contributed by atoms with van der Waals surface area (Å²) in [5.74, 6) is -0.611. The lowest BCUT2D eigenvalue weighted by Gasteiger charge is -2.32. The molecule has 0 unspecified atom stereocenters. The van der Waals surface area contributed by atoms with E-state index < -0.39 is 23.8 Å². The molecule has 2 aromatic rings. The lowest BCUT2D eigenvalue weighted by Crippen LogP contribution is -2.41. The van der Waals surface area contributed by atoms with Crippen LogP contribution in [0.15, 0.2) is 18.2 Å². The maximum absolute atomic E-state index is 13.1. The standard InChI is InChI=1S/C22H24F3N3O3/c1-28-10-4-7-16(21(28)30)20(29)19-14-6-3-5-13(14)18(26-27-19)15-9-8-12(22(23,24)25)11-17(15)31-2/h8-9,11,16,20,29H,3-7,10H2,1-2H3/t16-,20+/m0/s1. The second kappa shape index (κ2) is 8.11. The van der Waals surface area contributed by atoms with Crippen molar-refractivity contribution in [1.82, 2.24) is 15.1 Å². The maximum atomic E-state index is 13.1. The van der Waals surface area contributed by atoms with E-state index in [0.29, 0.717) is 42.8 Å². The van der Waals surface area contributed by atoms with E-state index >= 15 is 0 Å². The van der Waals surface area contributed by atoms with Crippen molar-refractivity contribution in [2.75, 3.05) is 20.7 Å². The highest BCUT2D eigenvalue weighted by Gasteiger charge is 2.37. The number of rotatable bonds is 4. The number of piperidine rings is 1. The number of carbonyl (C=O) groups is 1. The first-order valence-electron chi connectivity index (χ1n) is 10.3. The van der Waals surface area contributed by atoms with E-state index in [-0.39, 0.29) is 11.7 Å². The van der Waals surface area contributed by atoms with Crippen LogP contribution < -0.4 is 4.74 Å². The van der Waals surface area contributed by atoms with Crippen LogP contribution in [-0.2, 0) is 23.8 Å². The SMILES string of the molecule is COc1cc(C(F)(F)F)ccc1-c1nnc([C@H](O)[C@@H]2CCCN(C)C2=O)c2c1CCC2. The monoisotopic (exact) mass is 435 g/mol. The lowest BCUT2D eigenvalue weighted by molar-refractivity contribution is -0.141. The third kappa shape index (κ3) is 3.86. The number of aliphatic hydroxyl groups excluding tert-OH is 1. The van der Waals surface area contributed by atoms with E-state index in [1.807, 2.05) is 0 Å². The molecule has 2 heterocycles. The zero-order valence-corrected chi connectivity index (χ0v) is 17.4. The number of benzene rings is 1. The van der Waals surface area contributed by atoms with Gasteiger partial charge in [-0.05, 0) is 61.4 Å². The van der Waals surface area contributed by atoms with Gasteiger partial charge < -0.3 is 14.7 Å². The normalized spacial score (nSPS) is 20.0. The highest BCUT2D eigenvalue weighted by Crippen LogP contribution is 2.41. The van der Waals surface area contributed by atoms with Gasteiger partial charge in [-0.25, -0.2) is 0 Å². The number of ether oxygens (including phenoxy) is 1. The number of fused-ring (bicyclic) bond motifs is 1. The first-order valence-corrected chi connectivity index (χ1v) is 10.3. The van der Waals surface area contributed by atoms with Gasteiger partial charge >= 0.3 is 6.18 Å². The van der Waals surface area contributed by atoms with Crippen LogP contribution in [0.2, 0.25) is 0 Å². The molecule has 1 aromatic carbocycles. The molecule has 2 atom stereocenters. The minimum atomic E-state index is -4.48. The Kier molecular flexibility index (Phi) is 5.63. The number of halogens is 3. The Morgan fingerprint density at radius 1 is 1.19 bits per heavy atom. The van der Waals surface area contributed by atoms with Gasteiger partial charge in [-0.15, -0.1) is 5.10 Å². The van der Waals surface area contributed by atoms with Crippen molar-refractivity contribution in [2.24, 2.45) is 5.92 Å². The van der Waals surface area contributed by atoms with Gasteiger partial charge in [0.25, 0.3) is 0 Å². The van der Waals surface area contributed by atoms with Crippen LogP contribution in [0.5, 0.6) is 5.75 Å². The number of aliphatic hydroxyl groups is 1. The number of amides is 1. The Hall–Kier alpha value is -2.68. The average Bonchev–Trinajstić information content (AvgIpc) is 3.23. The van der Waals surface area contributed by atoms with Crippen molar-refractivity contribution in [2.45, 2.75) is 44.4 Å². The predicted molar refractivity (Wildman–Crippen MR) is 106 cm³/mol. The fraction of sp³-hybridized carbons (Fsp3) is 0.500. The molecule has 0 saturated carbocycles. The smallest absolute Gasteiger partial charge is 0.416 e. The average molecular weight is 435 g/mol. The van der Waals surface area contributed by atoms with Crippen molar-refractivity contribution in [3.05, 3.63) is 40.6 Å². The van der Waals surface area contributed by atoms with Crippen LogP contribution in [0.1, 0.15) is 47.8 Å². The van der Waals surface area contributed by atoms with E-state index in [4.69, 9.17) is 4.74 Å². The number of hydrogen-bond acceptors (Lipinski definition) is 5. The van der Waals surface area contributed by atoms with Gasteiger partial charge in [0.05, 0.1) is 24.3 Å². The number of carbonyl (C=O) groups excluding carboxylic acids is 1. The third-order valence-corrected chi connectivity index (χ3v) is 6.22. The fourth-order valence-corrected chi connectivity index (χ4v) is 4.58. The van der Waals surface area contributed by atoms with Gasteiger partial charge in [-0.2, -0.15) is 18.3 Å². The number of hydrogen-bond donors (Lipinski definition) is 1. The Bertz CT molecular complexity index is 1010. The molecular formula is C22H24F3N3O3. The summed E-state index contributed by atoms with van der Waals surface area (Å²) < 4.78 is 44.5. The largest absolute Gasteiger partial charge is 0.496 e. The Balaban J connectivity index is 1.75. The Labute approximate surface area is 178 Å². The molecule has 2 aliphatic rings. The molecule has 1 fully saturated rings. The molecule has 1 saturated heterocycles. The summed E-state index contributed by atoms with van der Waals surface area (Å²) in [5, 5.41) is 19.5. The van der Waals surface area contributed by atoms with Gasteiger partial charge in [-0.3, -0.25) is 4.79 Å². The summed E-state index contributed by atoms with van der Waals surface area (Å²) in [5.41, 5.74) is 2.16. The van der Waals surface area contributed by atoms with Crippen molar-refractivity contribution in [1.29, 1.82) is 0 Å². The van der Waals surface area contributed by atoms with Gasteiger partial charge in [-0.1, -0.05) is 0 Å². The minimum Gasteiger partial charge on any atom is -0.496 e. The molecule has 1 amide bonds. The summed E-state index contributed by atoms with van der Waals surface area (Å²) in [7, 11) is 3.03. The molecule has 1 N–H and O–H groups in total. The van der Waals surface area contributed by atoms with Crippen molar-refractivity contribution < 1.29 is 27.8 Å². The molecule has 6 nitrogen and oxygen atoms in total. The zero-order valence-electron chi connectivity index (χ0n) is 17.4. The molecular weight excluding hydrogens is 411 g/mol. The van der Waals surface area contributed by atoms with E-state index in [9.17, 15) is 23.1 Å².